The van der Waals surface area contributed by atoms with Crippen molar-refractivity contribution in [2.45, 2.75) is 46.1 Å². The van der Waals surface area contributed by atoms with Gasteiger partial charge in [-0.3, -0.25) is 9.59 Å². The summed E-state index contributed by atoms with van der Waals surface area (Å²) in [6.07, 6.45) is 1.26. The molecule has 0 atom stereocenters. The largest absolute Gasteiger partial charge is 0.475 e. The van der Waals surface area contributed by atoms with E-state index in [9.17, 15) is 9.59 Å². The van der Waals surface area contributed by atoms with Crippen LogP contribution in [0.15, 0.2) is 18.2 Å². The number of ketones is 1. The summed E-state index contributed by atoms with van der Waals surface area (Å²) in [5, 5.41) is 0. The molecule has 1 heterocycles. The fourth-order valence-corrected chi connectivity index (χ4v) is 2.65. The third kappa shape index (κ3) is 2.09. The number of carbonyl (C=O) groups excluding carboxylic acids is 2. The number of anilines is 1. The highest BCUT2D eigenvalue weighted by atomic mass is 16.5. The molecular weight excluding hydrogens is 254 g/mol. The van der Waals surface area contributed by atoms with Gasteiger partial charge in [-0.1, -0.05) is 13.8 Å². The maximum absolute atomic E-state index is 12.7. The molecule has 0 radical (unpaired) electrons. The first-order chi connectivity index (χ1) is 9.49. The lowest BCUT2D eigenvalue weighted by atomic mass is 9.92. The molecule has 0 aromatic heterocycles. The topological polar surface area (TPSA) is 46.6 Å². The average molecular weight is 275 g/mol. The predicted molar refractivity (Wildman–Crippen MR) is 78.4 cm³/mol. The van der Waals surface area contributed by atoms with Gasteiger partial charge in [0.25, 0.3) is 5.91 Å². The quantitative estimate of drug-likeness (QED) is 0.793. The number of fused-ring (bicyclic) bond motifs is 1. The number of hydrogen-bond acceptors (Lipinski definition) is 3. The molecule has 20 heavy (non-hydrogen) atoms. The molecular formula is C16H21NO3. The van der Waals surface area contributed by atoms with E-state index in [0.717, 1.165) is 0 Å². The van der Waals surface area contributed by atoms with Crippen LogP contribution in [0.5, 0.6) is 5.75 Å². The number of Topliss-reactive ketones (excluding diaryl/α,β-unsaturated/α-hetero) is 1. The minimum absolute atomic E-state index is 0.0147. The van der Waals surface area contributed by atoms with E-state index in [4.69, 9.17) is 4.74 Å². The van der Waals surface area contributed by atoms with Crippen molar-refractivity contribution in [1.82, 2.24) is 0 Å². The van der Waals surface area contributed by atoms with Crippen molar-refractivity contribution in [2.75, 3.05) is 11.4 Å². The van der Waals surface area contributed by atoms with Gasteiger partial charge in [0.1, 0.15) is 5.75 Å². The molecule has 0 N–H and O–H groups in total. The van der Waals surface area contributed by atoms with E-state index in [2.05, 4.69) is 0 Å². The zero-order chi connectivity index (χ0) is 14.9. The van der Waals surface area contributed by atoms with Gasteiger partial charge in [0, 0.05) is 12.1 Å². The molecule has 1 aliphatic heterocycles. The Morgan fingerprint density at radius 1 is 1.25 bits per heavy atom. The molecule has 0 fully saturated rings. The normalized spacial score (nSPS) is 16.6. The summed E-state index contributed by atoms with van der Waals surface area (Å²) >= 11 is 0. The second kappa shape index (κ2) is 5.27. The summed E-state index contributed by atoms with van der Waals surface area (Å²) in [6.45, 7) is 7.95. The van der Waals surface area contributed by atoms with Crippen LogP contribution in [-0.4, -0.2) is 23.8 Å². The first kappa shape index (κ1) is 14.6. The standard InChI is InChI=1S/C16H21NO3/c1-5-16(6-2)15(19)17(7-3)13-10-12(11(4)18)8-9-14(13)20-16/h8-10H,5-7H2,1-4H3. The monoisotopic (exact) mass is 275 g/mol. The number of nitrogens with zero attached hydrogens (tertiary/aromatic N) is 1. The highest BCUT2D eigenvalue weighted by Gasteiger charge is 2.45. The van der Waals surface area contributed by atoms with Crippen molar-refractivity contribution in [2.24, 2.45) is 0 Å². The second-order valence-corrected chi connectivity index (χ2v) is 5.09. The van der Waals surface area contributed by atoms with Gasteiger partial charge in [0.05, 0.1) is 5.69 Å². The van der Waals surface area contributed by atoms with E-state index in [0.29, 0.717) is 36.4 Å². The van der Waals surface area contributed by atoms with E-state index in [1.807, 2.05) is 20.8 Å². The molecule has 0 saturated carbocycles. The van der Waals surface area contributed by atoms with Crippen LogP contribution >= 0.6 is 0 Å². The summed E-state index contributed by atoms with van der Waals surface area (Å²) in [7, 11) is 0. The molecule has 1 amide bonds. The van der Waals surface area contributed by atoms with Crippen LogP contribution in [0.25, 0.3) is 0 Å². The summed E-state index contributed by atoms with van der Waals surface area (Å²) in [5.74, 6) is 0.650. The molecule has 1 aromatic carbocycles. The zero-order valence-electron chi connectivity index (χ0n) is 12.5. The van der Waals surface area contributed by atoms with Crippen molar-refractivity contribution in [3.63, 3.8) is 0 Å². The average Bonchev–Trinajstić information content (AvgIpc) is 2.46. The van der Waals surface area contributed by atoms with Crippen LogP contribution < -0.4 is 9.64 Å². The second-order valence-electron chi connectivity index (χ2n) is 5.09. The van der Waals surface area contributed by atoms with Gasteiger partial charge < -0.3 is 9.64 Å². The summed E-state index contributed by atoms with van der Waals surface area (Å²) in [6, 6.07) is 5.29. The van der Waals surface area contributed by atoms with Crippen LogP contribution in [0, 0.1) is 0 Å². The van der Waals surface area contributed by atoms with E-state index >= 15 is 0 Å². The van der Waals surface area contributed by atoms with E-state index in [1.54, 1.807) is 23.1 Å². The fraction of sp³-hybridized carbons (Fsp3) is 0.500. The molecule has 0 aliphatic carbocycles. The van der Waals surface area contributed by atoms with Gasteiger partial charge in [0.15, 0.2) is 11.4 Å². The van der Waals surface area contributed by atoms with Crippen molar-refractivity contribution in [3.8, 4) is 5.75 Å². The third-order valence-corrected chi connectivity index (χ3v) is 4.05. The number of ether oxygens (including phenoxy) is 1. The maximum Gasteiger partial charge on any atom is 0.271 e. The van der Waals surface area contributed by atoms with Gasteiger partial charge >= 0.3 is 0 Å². The first-order valence-corrected chi connectivity index (χ1v) is 7.15. The van der Waals surface area contributed by atoms with E-state index < -0.39 is 5.60 Å². The molecule has 4 nitrogen and oxygen atoms in total. The highest BCUT2D eigenvalue weighted by molar-refractivity contribution is 6.04. The number of benzene rings is 1. The van der Waals surface area contributed by atoms with Gasteiger partial charge in [0.2, 0.25) is 0 Å². The minimum atomic E-state index is -0.777. The number of rotatable bonds is 4. The van der Waals surface area contributed by atoms with Crippen LogP contribution in [0.4, 0.5) is 5.69 Å². The Hall–Kier alpha value is -1.84. The number of amides is 1. The minimum Gasteiger partial charge on any atom is -0.475 e. The Kier molecular flexibility index (Phi) is 3.84. The molecule has 0 saturated heterocycles. The third-order valence-electron chi connectivity index (χ3n) is 4.05. The van der Waals surface area contributed by atoms with Crippen LogP contribution in [0.3, 0.4) is 0 Å². The lowest BCUT2D eigenvalue weighted by Gasteiger charge is -2.41. The van der Waals surface area contributed by atoms with Crippen molar-refractivity contribution >= 4 is 17.4 Å². The first-order valence-electron chi connectivity index (χ1n) is 7.15. The lowest BCUT2D eigenvalue weighted by molar-refractivity contribution is -0.136. The van der Waals surface area contributed by atoms with Gasteiger partial charge in [-0.15, -0.1) is 0 Å². The number of carbonyl (C=O) groups is 2. The van der Waals surface area contributed by atoms with Gasteiger partial charge in [-0.25, -0.2) is 0 Å². The summed E-state index contributed by atoms with van der Waals surface area (Å²) < 4.78 is 5.99. The summed E-state index contributed by atoms with van der Waals surface area (Å²) in [4.78, 5) is 25.9. The molecule has 0 bridgehead atoms. The van der Waals surface area contributed by atoms with E-state index in [-0.39, 0.29) is 11.7 Å². The van der Waals surface area contributed by atoms with Crippen LogP contribution in [0.1, 0.15) is 50.9 Å². The maximum atomic E-state index is 12.7. The molecule has 0 spiro atoms. The zero-order valence-corrected chi connectivity index (χ0v) is 12.5. The smallest absolute Gasteiger partial charge is 0.271 e. The fourth-order valence-electron chi connectivity index (χ4n) is 2.65. The van der Waals surface area contributed by atoms with Crippen LogP contribution in [-0.2, 0) is 4.79 Å². The Labute approximate surface area is 119 Å². The molecule has 108 valence electrons. The summed E-state index contributed by atoms with van der Waals surface area (Å²) in [5.41, 5.74) is 0.516. The number of hydrogen-bond donors (Lipinski definition) is 0. The molecule has 4 heteroatoms. The highest BCUT2D eigenvalue weighted by Crippen LogP contribution is 2.40. The number of likely N-dealkylation sites (N-methyl/N-ethyl adjacent to an activating group) is 1. The van der Waals surface area contributed by atoms with Gasteiger partial charge in [-0.05, 0) is 44.9 Å². The van der Waals surface area contributed by atoms with Crippen molar-refractivity contribution in [3.05, 3.63) is 23.8 Å². The van der Waals surface area contributed by atoms with Gasteiger partial charge in [-0.2, -0.15) is 0 Å². The molecule has 2 rings (SSSR count). The Bertz CT molecular complexity index is 547. The Morgan fingerprint density at radius 3 is 2.40 bits per heavy atom. The lowest BCUT2D eigenvalue weighted by Crippen LogP contribution is -2.55. The van der Waals surface area contributed by atoms with Crippen molar-refractivity contribution < 1.29 is 14.3 Å². The predicted octanol–water partition coefficient (Wildman–Crippen LogP) is 3.19. The van der Waals surface area contributed by atoms with E-state index in [1.165, 1.54) is 6.92 Å². The molecule has 0 unspecified atom stereocenters. The Morgan fingerprint density at radius 2 is 1.90 bits per heavy atom. The van der Waals surface area contributed by atoms with Crippen molar-refractivity contribution in [1.29, 1.82) is 0 Å². The Balaban J connectivity index is 2.56. The molecule has 1 aromatic rings. The van der Waals surface area contributed by atoms with Crippen LogP contribution in [0.2, 0.25) is 0 Å². The molecule has 1 aliphatic rings. The SMILES string of the molecule is CCN1C(=O)C(CC)(CC)Oc2ccc(C(C)=O)cc21.